The van der Waals surface area contributed by atoms with Gasteiger partial charge in [-0.1, -0.05) is 60.7 Å². The van der Waals surface area contributed by atoms with Gasteiger partial charge in [0.2, 0.25) is 0 Å². The van der Waals surface area contributed by atoms with Crippen LogP contribution < -0.4 is 16.5 Å². The minimum atomic E-state index is -3.69. The van der Waals surface area contributed by atoms with Crippen LogP contribution in [0.3, 0.4) is 0 Å². The van der Waals surface area contributed by atoms with Crippen molar-refractivity contribution < 1.29 is 13.8 Å². The zero-order valence-corrected chi connectivity index (χ0v) is 12.3. The molecule has 2 aromatic carbocycles. The lowest BCUT2D eigenvalue weighted by Crippen LogP contribution is -2.21. The molecule has 0 spiro atoms. The number of rotatable bonds is 8. The van der Waals surface area contributed by atoms with Crippen LogP contribution >= 0.6 is 7.75 Å². The van der Waals surface area contributed by atoms with E-state index >= 15 is 0 Å². The van der Waals surface area contributed by atoms with Gasteiger partial charge in [-0.15, -0.1) is 0 Å². The summed E-state index contributed by atoms with van der Waals surface area (Å²) < 4.78 is 21.5. The number of hydrogen-bond donors (Lipinski definition) is 3. The van der Waals surface area contributed by atoms with E-state index in [2.05, 4.69) is 11.0 Å². The maximum absolute atomic E-state index is 11.8. The number of benzene rings is 2. The topological polar surface area (TPSA) is 85.6 Å². The van der Waals surface area contributed by atoms with Crippen LogP contribution in [-0.2, 0) is 26.9 Å². The van der Waals surface area contributed by atoms with Gasteiger partial charge in [-0.25, -0.2) is 19.3 Å². The van der Waals surface area contributed by atoms with Crippen LogP contribution in [0.1, 0.15) is 11.1 Å². The standard InChI is InChI=1S/C14H18N3O3P/c15-21(18,19-16-11-13-7-3-1-4-8-13)20-17-12-14-9-5-2-6-10-14/h1-10,16-17H,11-12H2,(H2,15,18). The molecule has 0 aliphatic heterocycles. The number of hydrogen-bond acceptors (Lipinski definition) is 5. The van der Waals surface area contributed by atoms with Crippen LogP contribution in [0.2, 0.25) is 0 Å². The summed E-state index contributed by atoms with van der Waals surface area (Å²) in [5.41, 5.74) is 12.5. The summed E-state index contributed by atoms with van der Waals surface area (Å²) in [4.78, 5) is 0. The molecule has 4 N–H and O–H groups in total. The van der Waals surface area contributed by atoms with Crippen LogP contribution in [0, 0.1) is 0 Å². The number of nitrogens with one attached hydrogen (secondary N) is 2. The molecule has 0 saturated carbocycles. The average Bonchev–Trinajstić information content (AvgIpc) is 2.49. The first-order chi connectivity index (χ1) is 10.2. The Labute approximate surface area is 123 Å². The molecule has 0 aliphatic rings. The molecular formula is C14H18N3O3P. The summed E-state index contributed by atoms with van der Waals surface area (Å²) in [5.74, 6) is 0. The lowest BCUT2D eigenvalue weighted by molar-refractivity contribution is 0.0958. The monoisotopic (exact) mass is 307 g/mol. The highest BCUT2D eigenvalue weighted by Crippen LogP contribution is 2.36. The van der Waals surface area contributed by atoms with Crippen molar-refractivity contribution in [2.24, 2.45) is 5.50 Å². The van der Waals surface area contributed by atoms with Crippen LogP contribution in [0.15, 0.2) is 60.7 Å². The molecule has 112 valence electrons. The Bertz CT molecular complexity index is 531. The molecule has 0 radical (unpaired) electrons. The van der Waals surface area contributed by atoms with Crippen molar-refractivity contribution in [1.82, 2.24) is 11.0 Å². The highest BCUT2D eigenvalue weighted by molar-refractivity contribution is 7.51. The molecule has 0 bridgehead atoms. The van der Waals surface area contributed by atoms with Crippen LogP contribution in [0.25, 0.3) is 0 Å². The average molecular weight is 307 g/mol. The van der Waals surface area contributed by atoms with E-state index < -0.39 is 7.75 Å². The van der Waals surface area contributed by atoms with E-state index in [1.165, 1.54) is 0 Å². The van der Waals surface area contributed by atoms with Crippen molar-refractivity contribution >= 4 is 7.75 Å². The smallest absolute Gasteiger partial charge is 0.238 e. The van der Waals surface area contributed by atoms with E-state index in [0.29, 0.717) is 13.1 Å². The Balaban J connectivity index is 1.68. The van der Waals surface area contributed by atoms with E-state index in [1.807, 2.05) is 60.7 Å². The van der Waals surface area contributed by atoms with E-state index in [9.17, 15) is 4.57 Å². The van der Waals surface area contributed by atoms with Gasteiger partial charge < -0.3 is 0 Å². The van der Waals surface area contributed by atoms with Gasteiger partial charge in [0, 0.05) is 13.1 Å². The molecular weight excluding hydrogens is 289 g/mol. The van der Waals surface area contributed by atoms with Crippen LogP contribution in [0.5, 0.6) is 0 Å². The fraction of sp³-hybridized carbons (Fsp3) is 0.143. The fourth-order valence-electron chi connectivity index (χ4n) is 1.62. The Morgan fingerprint density at radius 2 is 1.19 bits per heavy atom. The first-order valence-electron chi connectivity index (χ1n) is 6.45. The quantitative estimate of drug-likeness (QED) is 0.513. The Morgan fingerprint density at radius 3 is 1.57 bits per heavy atom. The second-order valence-corrected chi connectivity index (χ2v) is 5.78. The summed E-state index contributed by atoms with van der Waals surface area (Å²) in [6, 6.07) is 19.1. The minimum Gasteiger partial charge on any atom is -0.238 e. The zero-order valence-electron chi connectivity index (χ0n) is 11.4. The molecule has 2 aromatic rings. The molecule has 2 rings (SSSR count). The van der Waals surface area contributed by atoms with Crippen molar-refractivity contribution in [1.29, 1.82) is 0 Å². The van der Waals surface area contributed by atoms with E-state index in [1.54, 1.807) is 0 Å². The number of hydroxylamine groups is 2. The maximum atomic E-state index is 11.8. The SMILES string of the molecule is NP(=O)(ONCc1ccccc1)ONCc1ccccc1. The molecule has 0 fully saturated rings. The summed E-state index contributed by atoms with van der Waals surface area (Å²) in [7, 11) is -3.69. The Morgan fingerprint density at radius 1 is 0.810 bits per heavy atom. The predicted molar refractivity (Wildman–Crippen MR) is 80.5 cm³/mol. The summed E-state index contributed by atoms with van der Waals surface area (Å²) in [5, 5.41) is 0. The van der Waals surface area contributed by atoms with Gasteiger partial charge in [-0.2, -0.15) is 11.0 Å². The second kappa shape index (κ2) is 8.05. The van der Waals surface area contributed by atoms with Gasteiger partial charge in [0.1, 0.15) is 0 Å². The van der Waals surface area contributed by atoms with Gasteiger partial charge in [0.15, 0.2) is 0 Å². The van der Waals surface area contributed by atoms with E-state index in [-0.39, 0.29) is 0 Å². The lowest BCUT2D eigenvalue weighted by atomic mass is 10.2. The third kappa shape index (κ3) is 6.18. The molecule has 6 nitrogen and oxygen atoms in total. The highest BCUT2D eigenvalue weighted by atomic mass is 31.2. The Hall–Kier alpha value is -1.53. The normalized spacial score (nSPS) is 11.5. The van der Waals surface area contributed by atoms with Crippen molar-refractivity contribution in [3.63, 3.8) is 0 Å². The van der Waals surface area contributed by atoms with E-state index in [4.69, 9.17) is 14.8 Å². The second-order valence-electron chi connectivity index (χ2n) is 4.34. The highest BCUT2D eigenvalue weighted by Gasteiger charge is 2.18. The van der Waals surface area contributed by atoms with Gasteiger partial charge in [0.05, 0.1) is 0 Å². The maximum Gasteiger partial charge on any atom is 0.435 e. The molecule has 21 heavy (non-hydrogen) atoms. The summed E-state index contributed by atoms with van der Waals surface area (Å²) >= 11 is 0. The third-order valence-electron chi connectivity index (χ3n) is 2.62. The molecule has 0 aromatic heterocycles. The van der Waals surface area contributed by atoms with Crippen molar-refractivity contribution in [2.75, 3.05) is 0 Å². The molecule has 7 heteroatoms. The summed E-state index contributed by atoms with van der Waals surface area (Å²) in [6.07, 6.45) is 0. The van der Waals surface area contributed by atoms with Crippen molar-refractivity contribution in [3.8, 4) is 0 Å². The van der Waals surface area contributed by atoms with Crippen LogP contribution in [-0.4, -0.2) is 0 Å². The van der Waals surface area contributed by atoms with Gasteiger partial charge in [0.25, 0.3) is 0 Å². The zero-order chi connectivity index (χ0) is 15.0. The Kier molecular flexibility index (Phi) is 6.07. The van der Waals surface area contributed by atoms with E-state index in [0.717, 1.165) is 11.1 Å². The molecule has 0 amide bonds. The van der Waals surface area contributed by atoms with Gasteiger partial charge >= 0.3 is 7.75 Å². The predicted octanol–water partition coefficient (Wildman–Crippen LogP) is 2.50. The molecule has 0 unspecified atom stereocenters. The minimum absolute atomic E-state index is 0.379. The molecule has 0 aliphatic carbocycles. The molecule has 0 atom stereocenters. The summed E-state index contributed by atoms with van der Waals surface area (Å²) in [6.45, 7) is 0.758. The third-order valence-corrected chi connectivity index (χ3v) is 3.39. The first-order valence-corrected chi connectivity index (χ1v) is 8.06. The van der Waals surface area contributed by atoms with Gasteiger partial charge in [-0.3, -0.25) is 0 Å². The number of nitrogens with two attached hydrogens (primary N) is 1. The lowest BCUT2D eigenvalue weighted by Gasteiger charge is -2.14. The fourth-order valence-corrected chi connectivity index (χ4v) is 2.15. The largest absolute Gasteiger partial charge is 0.435 e. The molecule has 0 heterocycles. The van der Waals surface area contributed by atoms with Crippen LogP contribution in [0.4, 0.5) is 0 Å². The van der Waals surface area contributed by atoms with Crippen molar-refractivity contribution in [3.05, 3.63) is 71.8 Å². The van der Waals surface area contributed by atoms with Gasteiger partial charge in [-0.05, 0) is 11.1 Å². The van der Waals surface area contributed by atoms with Crippen molar-refractivity contribution in [2.45, 2.75) is 13.1 Å². The molecule has 0 saturated heterocycles. The first kappa shape index (κ1) is 15.9.